The Balaban J connectivity index is 1.61. The summed E-state index contributed by atoms with van der Waals surface area (Å²) in [7, 11) is 0. The number of ketones is 1. The minimum absolute atomic E-state index is 0.0220. The van der Waals surface area contributed by atoms with Crippen molar-refractivity contribution in [2.45, 2.75) is 50.5 Å². The van der Waals surface area contributed by atoms with E-state index in [2.05, 4.69) is 10.3 Å². The van der Waals surface area contributed by atoms with Crippen molar-refractivity contribution >= 4 is 11.7 Å². The average Bonchev–Trinajstić information content (AvgIpc) is 3.14. The molecule has 26 heavy (non-hydrogen) atoms. The van der Waals surface area contributed by atoms with E-state index in [-0.39, 0.29) is 29.2 Å². The second kappa shape index (κ2) is 6.90. The standard InChI is InChI=1S/C21H22N2O3/c24-19-11-14(13-6-2-1-3-7-13)10-18-16(19)12-17(21(26)23-18)20(25)22-15-8-4-5-9-15/h1-3,6-7,12,14-15H,4-5,8-11H2,(H,22,25)(H,23,26). The Labute approximate surface area is 151 Å². The van der Waals surface area contributed by atoms with Crippen molar-refractivity contribution in [1.82, 2.24) is 10.3 Å². The molecule has 2 aliphatic carbocycles. The maximum atomic E-state index is 12.6. The summed E-state index contributed by atoms with van der Waals surface area (Å²) in [5, 5.41) is 2.92. The van der Waals surface area contributed by atoms with E-state index >= 15 is 0 Å². The molecule has 2 aromatic rings. The van der Waals surface area contributed by atoms with E-state index in [1.807, 2.05) is 30.3 Å². The number of rotatable bonds is 3. The molecule has 4 rings (SSSR count). The Hall–Kier alpha value is -2.69. The first-order valence-corrected chi connectivity index (χ1v) is 9.27. The van der Waals surface area contributed by atoms with Crippen LogP contribution in [0.2, 0.25) is 0 Å². The lowest BCUT2D eigenvalue weighted by atomic mass is 9.81. The first-order valence-electron chi connectivity index (χ1n) is 9.27. The number of hydrogen-bond donors (Lipinski definition) is 2. The molecule has 5 nitrogen and oxygen atoms in total. The fourth-order valence-electron chi connectivity index (χ4n) is 4.09. The summed E-state index contributed by atoms with van der Waals surface area (Å²) in [6, 6.07) is 11.5. The molecule has 0 radical (unpaired) electrons. The SMILES string of the molecule is O=C1CC(c2ccccc2)Cc2[nH]c(=O)c(C(=O)NC3CCCC3)cc21. The van der Waals surface area contributed by atoms with Crippen LogP contribution in [0.3, 0.4) is 0 Å². The molecular weight excluding hydrogens is 328 g/mol. The highest BCUT2D eigenvalue weighted by molar-refractivity contribution is 6.02. The number of benzene rings is 1. The second-order valence-electron chi connectivity index (χ2n) is 7.30. The number of carbonyl (C=O) groups excluding carboxylic acids is 2. The Bertz CT molecular complexity index is 895. The highest BCUT2D eigenvalue weighted by Gasteiger charge is 2.29. The first kappa shape index (κ1) is 16.8. The summed E-state index contributed by atoms with van der Waals surface area (Å²) < 4.78 is 0. The van der Waals surface area contributed by atoms with Gasteiger partial charge in [-0.05, 0) is 36.8 Å². The van der Waals surface area contributed by atoms with Gasteiger partial charge in [-0.2, -0.15) is 0 Å². The van der Waals surface area contributed by atoms with E-state index in [0.717, 1.165) is 31.2 Å². The van der Waals surface area contributed by atoms with Crippen LogP contribution in [0.4, 0.5) is 0 Å². The molecule has 1 saturated carbocycles. The van der Waals surface area contributed by atoms with Gasteiger partial charge in [0.05, 0.1) is 0 Å². The van der Waals surface area contributed by atoms with Crippen LogP contribution in [-0.4, -0.2) is 22.7 Å². The minimum Gasteiger partial charge on any atom is -0.349 e. The Kier molecular flexibility index (Phi) is 4.45. The predicted molar refractivity (Wildman–Crippen MR) is 98.6 cm³/mol. The highest BCUT2D eigenvalue weighted by atomic mass is 16.2. The number of H-pyrrole nitrogens is 1. The third kappa shape index (κ3) is 3.21. The Morgan fingerprint density at radius 1 is 1.04 bits per heavy atom. The van der Waals surface area contributed by atoms with Crippen molar-refractivity contribution in [3.63, 3.8) is 0 Å². The maximum Gasteiger partial charge on any atom is 0.261 e. The van der Waals surface area contributed by atoms with Crippen molar-refractivity contribution < 1.29 is 9.59 Å². The predicted octanol–water partition coefficient (Wildman–Crippen LogP) is 2.96. The normalized spacial score (nSPS) is 20.0. The molecule has 1 unspecified atom stereocenters. The molecule has 1 heterocycles. The van der Waals surface area contributed by atoms with Gasteiger partial charge in [0.15, 0.2) is 5.78 Å². The molecule has 1 aromatic carbocycles. The zero-order valence-corrected chi connectivity index (χ0v) is 14.6. The Morgan fingerprint density at radius 3 is 2.50 bits per heavy atom. The lowest BCUT2D eigenvalue weighted by Crippen LogP contribution is -2.37. The third-order valence-electron chi connectivity index (χ3n) is 5.51. The lowest BCUT2D eigenvalue weighted by Gasteiger charge is -2.24. The molecule has 0 aliphatic heterocycles. The van der Waals surface area contributed by atoms with Crippen molar-refractivity contribution in [3.05, 3.63) is 69.1 Å². The smallest absolute Gasteiger partial charge is 0.261 e. The number of pyridine rings is 1. The molecule has 2 aliphatic rings. The molecular formula is C21H22N2O3. The number of nitrogens with one attached hydrogen (secondary N) is 2. The Morgan fingerprint density at radius 2 is 1.77 bits per heavy atom. The van der Waals surface area contributed by atoms with E-state index in [1.165, 1.54) is 6.07 Å². The van der Waals surface area contributed by atoms with Crippen molar-refractivity contribution in [1.29, 1.82) is 0 Å². The van der Waals surface area contributed by atoms with Gasteiger partial charge in [-0.15, -0.1) is 0 Å². The maximum absolute atomic E-state index is 12.6. The van der Waals surface area contributed by atoms with Crippen LogP contribution in [0.25, 0.3) is 0 Å². The van der Waals surface area contributed by atoms with Gasteiger partial charge in [0.1, 0.15) is 5.56 Å². The number of aromatic amines is 1. The van der Waals surface area contributed by atoms with E-state index in [1.54, 1.807) is 0 Å². The zero-order valence-electron chi connectivity index (χ0n) is 14.6. The van der Waals surface area contributed by atoms with E-state index in [4.69, 9.17) is 0 Å². The third-order valence-corrected chi connectivity index (χ3v) is 5.51. The topological polar surface area (TPSA) is 79.0 Å². The molecule has 1 aromatic heterocycles. The lowest BCUT2D eigenvalue weighted by molar-refractivity contribution is 0.0936. The van der Waals surface area contributed by atoms with Crippen LogP contribution >= 0.6 is 0 Å². The molecule has 0 saturated heterocycles. The van der Waals surface area contributed by atoms with E-state index in [9.17, 15) is 14.4 Å². The molecule has 1 amide bonds. The van der Waals surface area contributed by atoms with Gasteiger partial charge in [-0.25, -0.2) is 0 Å². The van der Waals surface area contributed by atoms with Gasteiger partial charge in [0.2, 0.25) is 0 Å². The second-order valence-corrected chi connectivity index (χ2v) is 7.30. The number of hydrogen-bond acceptors (Lipinski definition) is 3. The fourth-order valence-corrected chi connectivity index (χ4v) is 4.09. The van der Waals surface area contributed by atoms with Crippen molar-refractivity contribution in [2.24, 2.45) is 0 Å². The summed E-state index contributed by atoms with van der Waals surface area (Å²) in [4.78, 5) is 40.3. The number of carbonyl (C=O) groups is 2. The molecule has 5 heteroatoms. The van der Waals surface area contributed by atoms with Crippen molar-refractivity contribution in [2.75, 3.05) is 0 Å². The molecule has 1 fully saturated rings. The summed E-state index contributed by atoms with van der Waals surface area (Å²) >= 11 is 0. The molecule has 0 bridgehead atoms. The van der Waals surface area contributed by atoms with Gasteiger partial charge in [0, 0.05) is 23.7 Å². The summed E-state index contributed by atoms with van der Waals surface area (Å²) in [6.45, 7) is 0. The average molecular weight is 350 g/mol. The number of aromatic nitrogens is 1. The number of amides is 1. The number of fused-ring (bicyclic) bond motifs is 1. The zero-order chi connectivity index (χ0) is 18.1. The van der Waals surface area contributed by atoms with E-state index in [0.29, 0.717) is 24.1 Å². The number of Topliss-reactive ketones (excluding diaryl/α,β-unsaturated/α-hetero) is 1. The molecule has 2 N–H and O–H groups in total. The summed E-state index contributed by atoms with van der Waals surface area (Å²) in [6.07, 6.45) is 5.10. The monoisotopic (exact) mass is 350 g/mol. The first-order chi connectivity index (χ1) is 12.6. The van der Waals surface area contributed by atoms with Gasteiger partial charge in [-0.1, -0.05) is 43.2 Å². The van der Waals surface area contributed by atoms with Crippen LogP contribution in [0.1, 0.15) is 70.0 Å². The van der Waals surface area contributed by atoms with Gasteiger partial charge >= 0.3 is 0 Å². The van der Waals surface area contributed by atoms with Gasteiger partial charge < -0.3 is 10.3 Å². The van der Waals surface area contributed by atoms with Crippen molar-refractivity contribution in [3.8, 4) is 0 Å². The van der Waals surface area contributed by atoms with E-state index < -0.39 is 5.56 Å². The van der Waals surface area contributed by atoms with Gasteiger partial charge in [-0.3, -0.25) is 14.4 Å². The van der Waals surface area contributed by atoms with Crippen LogP contribution in [0.5, 0.6) is 0 Å². The van der Waals surface area contributed by atoms with Crippen LogP contribution in [0, 0.1) is 0 Å². The van der Waals surface area contributed by atoms with Crippen LogP contribution < -0.4 is 10.9 Å². The quantitative estimate of drug-likeness (QED) is 0.893. The highest BCUT2D eigenvalue weighted by Crippen LogP contribution is 2.31. The molecule has 0 spiro atoms. The minimum atomic E-state index is -0.416. The van der Waals surface area contributed by atoms with Crippen LogP contribution in [-0.2, 0) is 6.42 Å². The summed E-state index contributed by atoms with van der Waals surface area (Å²) in [5.41, 5.74) is 1.84. The van der Waals surface area contributed by atoms with Gasteiger partial charge in [0.25, 0.3) is 11.5 Å². The van der Waals surface area contributed by atoms with Crippen LogP contribution in [0.15, 0.2) is 41.2 Å². The largest absolute Gasteiger partial charge is 0.349 e. The molecule has 1 atom stereocenters. The summed E-state index contributed by atoms with van der Waals surface area (Å²) in [5.74, 6) is -0.338. The fraction of sp³-hybridized carbons (Fsp3) is 0.381. The molecule has 134 valence electrons.